The maximum absolute atomic E-state index is 10.7. The molecule has 13 heavy (non-hydrogen) atoms. The standard InChI is InChI=1S/C8H8ClIO2S/c1-5-6(4-10)2-3-7(8(5)9)13(11)12/h2-3,13H,4H2,1H3. The van der Waals surface area contributed by atoms with Crippen molar-refractivity contribution in [2.45, 2.75) is 16.2 Å². The van der Waals surface area contributed by atoms with Gasteiger partial charge in [0.2, 0.25) is 0 Å². The molecule has 0 radical (unpaired) electrons. The molecule has 0 spiro atoms. The Bertz CT molecular complexity index is 393. The van der Waals surface area contributed by atoms with E-state index in [1.54, 1.807) is 12.1 Å². The van der Waals surface area contributed by atoms with E-state index in [1.165, 1.54) is 0 Å². The highest BCUT2D eigenvalue weighted by molar-refractivity contribution is 14.1. The summed E-state index contributed by atoms with van der Waals surface area (Å²) in [5, 5.41) is 0.352. The first kappa shape index (κ1) is 11.3. The normalized spacial score (nSPS) is 10.8. The largest absolute Gasteiger partial charge is 0.227 e. The van der Waals surface area contributed by atoms with Gasteiger partial charge in [0.25, 0.3) is 0 Å². The fourth-order valence-electron chi connectivity index (χ4n) is 0.997. The molecule has 0 bridgehead atoms. The summed E-state index contributed by atoms with van der Waals surface area (Å²) < 4.78 is 22.3. The smallest absolute Gasteiger partial charge is 0.169 e. The van der Waals surface area contributed by atoms with Crippen molar-refractivity contribution in [3.8, 4) is 0 Å². The van der Waals surface area contributed by atoms with Crippen LogP contribution in [0.4, 0.5) is 0 Å². The molecule has 0 saturated carbocycles. The summed E-state index contributed by atoms with van der Waals surface area (Å²) in [7, 11) is -2.58. The third-order valence-corrected chi connectivity index (χ3v) is 4.03. The lowest BCUT2D eigenvalue weighted by molar-refractivity contribution is 0.614. The van der Waals surface area contributed by atoms with E-state index in [-0.39, 0.29) is 4.90 Å². The van der Waals surface area contributed by atoms with Crippen LogP contribution in [0.3, 0.4) is 0 Å². The van der Waals surface area contributed by atoms with Crippen LogP contribution in [0.5, 0.6) is 0 Å². The Morgan fingerprint density at radius 2 is 2.08 bits per heavy atom. The van der Waals surface area contributed by atoms with Crippen LogP contribution in [0, 0.1) is 6.92 Å². The topological polar surface area (TPSA) is 34.1 Å². The highest BCUT2D eigenvalue weighted by atomic mass is 127. The zero-order chi connectivity index (χ0) is 10.0. The Balaban J connectivity index is 3.39. The van der Waals surface area contributed by atoms with Crippen molar-refractivity contribution in [2.24, 2.45) is 0 Å². The lowest BCUT2D eigenvalue weighted by Gasteiger charge is -2.05. The number of rotatable bonds is 2. The molecule has 1 rings (SSSR count). The minimum absolute atomic E-state index is 0.211. The molecule has 0 aliphatic heterocycles. The molecule has 1 aromatic carbocycles. The second-order valence-corrected chi connectivity index (χ2v) is 4.71. The summed E-state index contributed by atoms with van der Waals surface area (Å²) in [6.07, 6.45) is 0. The maximum Gasteiger partial charge on any atom is 0.169 e. The quantitative estimate of drug-likeness (QED) is 0.514. The number of halogens is 2. The first-order chi connectivity index (χ1) is 6.07. The van der Waals surface area contributed by atoms with Crippen molar-refractivity contribution in [3.05, 3.63) is 28.3 Å². The lowest BCUT2D eigenvalue weighted by atomic mass is 10.1. The molecule has 0 fully saturated rings. The van der Waals surface area contributed by atoms with Crippen LogP contribution in [-0.2, 0) is 15.1 Å². The van der Waals surface area contributed by atoms with Crippen molar-refractivity contribution in [2.75, 3.05) is 0 Å². The molecule has 2 nitrogen and oxygen atoms in total. The third kappa shape index (κ3) is 2.35. The van der Waals surface area contributed by atoms with Gasteiger partial charge in [-0.1, -0.05) is 40.3 Å². The van der Waals surface area contributed by atoms with Gasteiger partial charge >= 0.3 is 0 Å². The lowest BCUT2D eigenvalue weighted by Crippen LogP contribution is -1.90. The van der Waals surface area contributed by atoms with Crippen LogP contribution in [0.2, 0.25) is 5.02 Å². The van der Waals surface area contributed by atoms with Crippen LogP contribution in [0.25, 0.3) is 0 Å². The predicted molar refractivity (Wildman–Crippen MR) is 62.5 cm³/mol. The highest BCUT2D eigenvalue weighted by Crippen LogP contribution is 2.26. The number of thiol groups is 1. The van der Waals surface area contributed by atoms with Gasteiger partial charge in [0, 0.05) is 4.43 Å². The van der Waals surface area contributed by atoms with E-state index >= 15 is 0 Å². The van der Waals surface area contributed by atoms with Gasteiger partial charge < -0.3 is 0 Å². The third-order valence-electron chi connectivity index (χ3n) is 1.82. The zero-order valence-electron chi connectivity index (χ0n) is 6.88. The second-order valence-electron chi connectivity index (χ2n) is 2.57. The minimum Gasteiger partial charge on any atom is -0.227 e. The fourth-order valence-corrected chi connectivity index (χ4v) is 2.74. The highest BCUT2D eigenvalue weighted by Gasteiger charge is 2.08. The maximum atomic E-state index is 10.7. The fraction of sp³-hybridized carbons (Fsp3) is 0.250. The van der Waals surface area contributed by atoms with Crippen LogP contribution >= 0.6 is 34.2 Å². The van der Waals surface area contributed by atoms with Crippen molar-refractivity contribution >= 4 is 44.9 Å². The molecule has 5 heteroatoms. The van der Waals surface area contributed by atoms with Crippen LogP contribution in [0.15, 0.2) is 17.0 Å². The van der Waals surface area contributed by atoms with Crippen molar-refractivity contribution in [1.82, 2.24) is 0 Å². The number of hydrogen-bond donors (Lipinski definition) is 1. The van der Waals surface area contributed by atoms with E-state index in [4.69, 9.17) is 11.6 Å². The van der Waals surface area contributed by atoms with Crippen LogP contribution in [0.1, 0.15) is 11.1 Å². The molecular formula is C8H8ClIO2S. The summed E-state index contributed by atoms with van der Waals surface area (Å²) in [6.45, 7) is 1.83. The van der Waals surface area contributed by atoms with E-state index in [0.717, 1.165) is 15.6 Å². The van der Waals surface area contributed by atoms with E-state index < -0.39 is 10.7 Å². The average molecular weight is 331 g/mol. The molecule has 72 valence electrons. The van der Waals surface area contributed by atoms with E-state index in [2.05, 4.69) is 22.6 Å². The van der Waals surface area contributed by atoms with E-state index in [9.17, 15) is 8.42 Å². The van der Waals surface area contributed by atoms with Crippen molar-refractivity contribution in [3.63, 3.8) is 0 Å². The molecule has 0 N–H and O–H groups in total. The zero-order valence-corrected chi connectivity index (χ0v) is 10.7. The van der Waals surface area contributed by atoms with Gasteiger partial charge in [0.1, 0.15) is 0 Å². The molecule has 0 aliphatic rings. The molecule has 0 amide bonds. The molecule has 0 aliphatic carbocycles. The molecule has 0 atom stereocenters. The molecule has 0 saturated heterocycles. The van der Waals surface area contributed by atoms with Gasteiger partial charge in [-0.2, -0.15) is 0 Å². The van der Waals surface area contributed by atoms with Gasteiger partial charge in [-0.15, -0.1) is 0 Å². The minimum atomic E-state index is -2.58. The van der Waals surface area contributed by atoms with Gasteiger partial charge in [0.15, 0.2) is 10.7 Å². The SMILES string of the molecule is Cc1c(CI)ccc([SH](=O)=O)c1Cl. The number of benzene rings is 1. The number of alkyl halides is 1. The van der Waals surface area contributed by atoms with Crippen molar-refractivity contribution in [1.29, 1.82) is 0 Å². The Kier molecular flexibility index (Phi) is 4.00. The predicted octanol–water partition coefficient (Wildman–Crippen LogP) is 2.55. The Hall–Kier alpha value is 0.190. The average Bonchev–Trinajstić information content (AvgIpc) is 2.09. The second kappa shape index (κ2) is 4.61. The summed E-state index contributed by atoms with van der Waals surface area (Å²) in [5.74, 6) is 0. The van der Waals surface area contributed by atoms with Crippen LogP contribution in [-0.4, -0.2) is 8.42 Å². The summed E-state index contributed by atoms with van der Waals surface area (Å²) in [6, 6.07) is 3.35. The Morgan fingerprint density at radius 1 is 1.46 bits per heavy atom. The first-order valence-electron chi connectivity index (χ1n) is 3.56. The van der Waals surface area contributed by atoms with E-state index in [0.29, 0.717) is 5.02 Å². The Labute approximate surface area is 97.4 Å². The van der Waals surface area contributed by atoms with Gasteiger partial charge in [0.05, 0.1) is 9.92 Å². The van der Waals surface area contributed by atoms with Gasteiger partial charge in [-0.25, -0.2) is 8.42 Å². The summed E-state index contributed by atoms with van der Waals surface area (Å²) in [4.78, 5) is 0.211. The molecule has 0 unspecified atom stereocenters. The molecule has 0 heterocycles. The molecule has 1 aromatic rings. The summed E-state index contributed by atoms with van der Waals surface area (Å²) in [5.41, 5.74) is 1.93. The van der Waals surface area contributed by atoms with Crippen molar-refractivity contribution < 1.29 is 8.42 Å². The van der Waals surface area contributed by atoms with Crippen LogP contribution < -0.4 is 0 Å². The van der Waals surface area contributed by atoms with Gasteiger partial charge in [-0.3, -0.25) is 0 Å². The first-order valence-corrected chi connectivity index (χ1v) is 6.64. The molecular weight excluding hydrogens is 323 g/mol. The number of hydrogen-bond acceptors (Lipinski definition) is 2. The Morgan fingerprint density at radius 3 is 2.54 bits per heavy atom. The van der Waals surface area contributed by atoms with Gasteiger partial charge in [-0.05, 0) is 24.1 Å². The monoisotopic (exact) mass is 330 g/mol. The summed E-state index contributed by atoms with van der Waals surface area (Å²) >= 11 is 8.10. The van der Waals surface area contributed by atoms with E-state index in [1.807, 2.05) is 6.92 Å². The molecule has 0 aromatic heterocycles.